The van der Waals surface area contributed by atoms with E-state index in [0.717, 1.165) is 43.7 Å². The van der Waals surface area contributed by atoms with E-state index >= 15 is 0 Å². The molecule has 1 aromatic carbocycles. The number of carbonyl (C=O) groups excluding carboxylic acids is 1. The Bertz CT molecular complexity index is 917. The fraction of sp³-hybridized carbons (Fsp3) is 0.417. The summed E-state index contributed by atoms with van der Waals surface area (Å²) in [6.45, 7) is 3.46. The van der Waals surface area contributed by atoms with Crippen molar-refractivity contribution in [3.8, 4) is 0 Å². The highest BCUT2D eigenvalue weighted by atomic mass is 16.6. The quantitative estimate of drug-likeness (QED) is 0.760. The van der Waals surface area contributed by atoms with Crippen molar-refractivity contribution in [3.63, 3.8) is 0 Å². The molecule has 0 radical (unpaired) electrons. The zero-order chi connectivity index (χ0) is 20.3. The molecule has 0 bridgehead atoms. The van der Waals surface area contributed by atoms with Gasteiger partial charge in [-0.1, -0.05) is 42.5 Å². The lowest BCUT2D eigenvalue weighted by molar-refractivity contribution is -0.0517. The Morgan fingerprint density at radius 1 is 1.10 bits per heavy atom. The molecule has 1 aromatic heterocycles. The van der Waals surface area contributed by atoms with E-state index in [1.807, 2.05) is 36.5 Å². The van der Waals surface area contributed by atoms with Gasteiger partial charge in [0.25, 0.3) is 0 Å². The van der Waals surface area contributed by atoms with E-state index < -0.39 is 0 Å². The van der Waals surface area contributed by atoms with Crippen LogP contribution in [-0.2, 0) is 22.5 Å². The number of benzene rings is 1. The molecule has 6 nitrogen and oxygen atoms in total. The highest BCUT2D eigenvalue weighted by Crippen LogP contribution is 2.28. The van der Waals surface area contributed by atoms with Crippen molar-refractivity contribution in [3.05, 3.63) is 65.4 Å². The third-order valence-corrected chi connectivity index (χ3v) is 6.11. The summed E-state index contributed by atoms with van der Waals surface area (Å²) >= 11 is 0. The number of aromatic nitrogens is 1. The largest absolute Gasteiger partial charge is 0.445 e. The lowest BCUT2D eigenvalue weighted by Gasteiger charge is -2.42. The molecule has 2 aromatic rings. The number of hydrogen-bond donors (Lipinski definition) is 0. The average molecular weight is 405 g/mol. The summed E-state index contributed by atoms with van der Waals surface area (Å²) < 4.78 is 11.7. The van der Waals surface area contributed by atoms with E-state index in [1.54, 1.807) is 4.90 Å². The maximum absolute atomic E-state index is 12.3. The third kappa shape index (κ3) is 4.19. The topological polar surface area (TPSA) is 54.9 Å². The van der Waals surface area contributed by atoms with Gasteiger partial charge in [0.05, 0.1) is 12.2 Å². The number of allylic oxidation sites excluding steroid dienone is 1. The van der Waals surface area contributed by atoms with Crippen LogP contribution in [0.2, 0.25) is 0 Å². The molecule has 0 atom stereocenters. The molecule has 5 rings (SSSR count). The van der Waals surface area contributed by atoms with E-state index in [0.29, 0.717) is 19.7 Å². The first-order valence-electron chi connectivity index (χ1n) is 10.8. The Kier molecular flexibility index (Phi) is 5.41. The molecule has 2 fully saturated rings. The lowest BCUT2D eigenvalue weighted by atomic mass is 10.1. The molecule has 0 saturated carbocycles. The van der Waals surface area contributed by atoms with E-state index in [1.165, 1.54) is 11.1 Å². The summed E-state index contributed by atoms with van der Waals surface area (Å²) in [6.07, 6.45) is 9.29. The molecule has 3 heterocycles. The summed E-state index contributed by atoms with van der Waals surface area (Å²) in [7, 11) is 0. The number of piperidine rings is 1. The third-order valence-electron chi connectivity index (χ3n) is 6.11. The maximum Gasteiger partial charge on any atom is 0.410 e. The lowest BCUT2D eigenvalue weighted by Crippen LogP contribution is -2.54. The second-order valence-electron chi connectivity index (χ2n) is 8.24. The van der Waals surface area contributed by atoms with Crippen molar-refractivity contribution >= 4 is 18.0 Å². The fourth-order valence-corrected chi connectivity index (χ4v) is 4.27. The molecule has 0 unspecified atom stereocenters. The second-order valence-corrected chi connectivity index (χ2v) is 8.24. The molecule has 0 spiro atoms. The first-order valence-corrected chi connectivity index (χ1v) is 10.8. The van der Waals surface area contributed by atoms with Crippen LogP contribution in [0.25, 0.3) is 6.08 Å². The molecule has 6 heteroatoms. The Balaban J connectivity index is 1.03. The number of amides is 1. The molecule has 0 N–H and O–H groups in total. The Labute approximate surface area is 177 Å². The van der Waals surface area contributed by atoms with E-state index in [9.17, 15) is 4.79 Å². The van der Waals surface area contributed by atoms with Gasteiger partial charge in [0.15, 0.2) is 0 Å². The van der Waals surface area contributed by atoms with Crippen LogP contribution in [0.3, 0.4) is 0 Å². The molecule has 156 valence electrons. The highest BCUT2D eigenvalue weighted by molar-refractivity contribution is 5.67. The van der Waals surface area contributed by atoms with Crippen molar-refractivity contribution < 1.29 is 14.3 Å². The monoisotopic (exact) mass is 405 g/mol. The fourth-order valence-electron chi connectivity index (χ4n) is 4.27. The van der Waals surface area contributed by atoms with E-state index in [4.69, 9.17) is 9.47 Å². The van der Waals surface area contributed by atoms with Gasteiger partial charge >= 0.3 is 6.09 Å². The smallest absolute Gasteiger partial charge is 0.410 e. The van der Waals surface area contributed by atoms with Gasteiger partial charge in [0.2, 0.25) is 0 Å². The molecular weight excluding hydrogens is 378 g/mol. The summed E-state index contributed by atoms with van der Waals surface area (Å²) in [6, 6.07) is 12.0. The van der Waals surface area contributed by atoms with Crippen LogP contribution in [0.4, 0.5) is 10.6 Å². The predicted octanol–water partition coefficient (Wildman–Crippen LogP) is 3.66. The Morgan fingerprint density at radius 3 is 2.70 bits per heavy atom. The van der Waals surface area contributed by atoms with Gasteiger partial charge in [-0.2, -0.15) is 0 Å². The number of likely N-dealkylation sites (tertiary alicyclic amines) is 1. The van der Waals surface area contributed by atoms with Crippen LogP contribution in [-0.4, -0.2) is 54.4 Å². The summed E-state index contributed by atoms with van der Waals surface area (Å²) in [5, 5.41) is 0. The second kappa shape index (κ2) is 8.48. The molecule has 2 aliphatic heterocycles. The number of hydrogen-bond acceptors (Lipinski definition) is 5. The van der Waals surface area contributed by atoms with Crippen LogP contribution in [0.15, 0.2) is 48.7 Å². The van der Waals surface area contributed by atoms with Crippen LogP contribution >= 0.6 is 0 Å². The number of pyridine rings is 1. The number of carbonyl (C=O) groups is 1. The van der Waals surface area contributed by atoms with Crippen LogP contribution in [0.5, 0.6) is 0 Å². The molecule has 2 saturated heterocycles. The molecule has 1 amide bonds. The Morgan fingerprint density at radius 2 is 1.90 bits per heavy atom. The molecule has 1 aliphatic carbocycles. The van der Waals surface area contributed by atoms with Gasteiger partial charge in [-0.15, -0.1) is 0 Å². The number of ether oxygens (including phenoxy) is 2. The highest BCUT2D eigenvalue weighted by Gasteiger charge is 2.33. The first kappa shape index (κ1) is 19.1. The zero-order valence-electron chi connectivity index (χ0n) is 17.1. The van der Waals surface area contributed by atoms with Gasteiger partial charge in [-0.05, 0) is 42.0 Å². The van der Waals surface area contributed by atoms with Crippen LogP contribution in [0.1, 0.15) is 29.5 Å². The minimum atomic E-state index is -0.233. The zero-order valence-corrected chi connectivity index (χ0v) is 17.1. The summed E-state index contributed by atoms with van der Waals surface area (Å²) in [5.74, 6) is 1.04. The number of rotatable bonds is 5. The van der Waals surface area contributed by atoms with Gasteiger partial charge in [-0.3, -0.25) is 0 Å². The van der Waals surface area contributed by atoms with Gasteiger partial charge < -0.3 is 19.3 Å². The van der Waals surface area contributed by atoms with Crippen LogP contribution < -0.4 is 4.90 Å². The number of anilines is 1. The van der Waals surface area contributed by atoms with Crippen molar-refractivity contribution in [2.75, 3.05) is 31.1 Å². The van der Waals surface area contributed by atoms with Crippen LogP contribution in [0, 0.1) is 0 Å². The first-order chi connectivity index (χ1) is 14.7. The van der Waals surface area contributed by atoms with Crippen molar-refractivity contribution in [2.24, 2.45) is 0 Å². The van der Waals surface area contributed by atoms with E-state index in [2.05, 4.69) is 28.1 Å². The maximum atomic E-state index is 12.3. The van der Waals surface area contributed by atoms with Crippen molar-refractivity contribution in [1.82, 2.24) is 9.88 Å². The summed E-state index contributed by atoms with van der Waals surface area (Å²) in [4.78, 5) is 20.9. The van der Waals surface area contributed by atoms with Crippen molar-refractivity contribution in [2.45, 2.75) is 38.1 Å². The minimum Gasteiger partial charge on any atom is -0.445 e. The Hall–Kier alpha value is -2.86. The number of nitrogens with zero attached hydrogens (tertiary/aromatic N) is 3. The van der Waals surface area contributed by atoms with Gasteiger partial charge in [0.1, 0.15) is 12.4 Å². The molecular formula is C24H27N3O3. The van der Waals surface area contributed by atoms with Crippen molar-refractivity contribution in [1.29, 1.82) is 0 Å². The normalized spacial score (nSPS) is 18.9. The summed E-state index contributed by atoms with van der Waals surface area (Å²) in [5.41, 5.74) is 3.60. The van der Waals surface area contributed by atoms with Gasteiger partial charge in [-0.25, -0.2) is 9.78 Å². The molecule has 30 heavy (non-hydrogen) atoms. The van der Waals surface area contributed by atoms with Gasteiger partial charge in [0, 0.05) is 32.4 Å². The minimum absolute atomic E-state index is 0.214. The average Bonchev–Trinajstić information content (AvgIpc) is 3.23. The van der Waals surface area contributed by atoms with E-state index in [-0.39, 0.29) is 18.3 Å². The molecule has 3 aliphatic rings. The standard InChI is InChI=1S/C24H27N3O3/c28-24(29-17-18-5-2-1-3-6-18)26-11-9-21(10-12-26)30-22-15-27(16-22)23-13-19-7-4-8-20(19)14-25-23/h1-7,13-14,21-22H,8-12,15-17H2. The number of fused-ring (bicyclic) bond motifs is 1. The predicted molar refractivity (Wildman–Crippen MR) is 115 cm³/mol. The SMILES string of the molecule is O=C(OCc1ccccc1)N1CCC(OC2CN(c3cc4c(cn3)CC=C4)C2)CC1.